The minimum Gasteiger partial charge on any atom is -0.388 e. The third-order valence-electron chi connectivity index (χ3n) is 4.14. The molecule has 1 aromatic carbocycles. The molecule has 1 saturated heterocycles. The molecule has 4 N–H and O–H groups in total. The molecule has 8 nitrogen and oxygen atoms in total. The zero-order valence-electron chi connectivity index (χ0n) is 12.1. The summed E-state index contributed by atoms with van der Waals surface area (Å²) in [5, 5.41) is 32.3. The first-order chi connectivity index (χ1) is 11.0. The first-order valence-electron chi connectivity index (χ1n) is 7.23. The van der Waals surface area contributed by atoms with E-state index in [1.54, 1.807) is 30.3 Å². The fourth-order valence-electron chi connectivity index (χ4n) is 2.90. The Balaban J connectivity index is 1.84. The molecule has 0 unspecified atom stereocenters. The molecular weight excluding hydrogens is 302 g/mol. The van der Waals surface area contributed by atoms with Crippen LogP contribution in [0.1, 0.15) is 10.4 Å². The Bertz CT molecular complexity index is 635. The molecule has 2 heterocycles. The van der Waals surface area contributed by atoms with Gasteiger partial charge in [-0.05, 0) is 12.1 Å². The van der Waals surface area contributed by atoms with Gasteiger partial charge in [0, 0.05) is 12.1 Å². The zero-order valence-corrected chi connectivity index (χ0v) is 12.1. The second-order valence-corrected chi connectivity index (χ2v) is 5.64. The number of aliphatic imine (C=N–C) groups is 1. The van der Waals surface area contributed by atoms with Crippen molar-refractivity contribution in [2.45, 2.75) is 30.4 Å². The molecule has 2 amide bonds. The Hall–Kier alpha value is -2.29. The van der Waals surface area contributed by atoms with Crippen LogP contribution < -0.4 is 5.32 Å². The maximum atomic E-state index is 12.3. The average molecular weight is 319 g/mol. The summed E-state index contributed by atoms with van der Waals surface area (Å²) in [5.74, 6) is -1.09. The Kier molecular flexibility index (Phi) is 4.12. The van der Waals surface area contributed by atoms with E-state index in [1.807, 2.05) is 0 Å². The Morgan fingerprint density at radius 1 is 1.17 bits per heavy atom. The molecule has 1 fully saturated rings. The van der Waals surface area contributed by atoms with Crippen LogP contribution in [0.25, 0.3) is 0 Å². The molecule has 122 valence electrons. The molecule has 0 aromatic heterocycles. The summed E-state index contributed by atoms with van der Waals surface area (Å²) >= 11 is 0. The number of carbonyl (C=O) groups is 2. The van der Waals surface area contributed by atoms with E-state index in [-0.39, 0.29) is 6.54 Å². The molecule has 0 saturated carbocycles. The van der Waals surface area contributed by atoms with E-state index in [1.165, 1.54) is 11.2 Å². The number of amides is 2. The van der Waals surface area contributed by atoms with E-state index < -0.39 is 42.2 Å². The Morgan fingerprint density at radius 2 is 1.87 bits per heavy atom. The summed E-state index contributed by atoms with van der Waals surface area (Å²) in [6.07, 6.45) is -2.73. The highest BCUT2D eigenvalue weighted by molar-refractivity contribution is 6.00. The zero-order chi connectivity index (χ0) is 16.6. The lowest BCUT2D eigenvalue weighted by Gasteiger charge is -2.46. The third kappa shape index (κ3) is 2.83. The van der Waals surface area contributed by atoms with Crippen LogP contribution in [0.4, 0.5) is 0 Å². The Morgan fingerprint density at radius 3 is 2.57 bits per heavy atom. The van der Waals surface area contributed by atoms with Crippen LogP contribution in [-0.2, 0) is 4.79 Å². The molecule has 0 aliphatic carbocycles. The van der Waals surface area contributed by atoms with Gasteiger partial charge < -0.3 is 25.5 Å². The molecule has 2 aliphatic rings. The molecule has 0 bridgehead atoms. The van der Waals surface area contributed by atoms with E-state index in [0.29, 0.717) is 5.56 Å². The molecule has 0 spiro atoms. The van der Waals surface area contributed by atoms with Gasteiger partial charge in [0.15, 0.2) is 0 Å². The van der Waals surface area contributed by atoms with Crippen LogP contribution >= 0.6 is 0 Å². The molecular formula is C15H17N3O5. The van der Waals surface area contributed by atoms with Gasteiger partial charge in [-0.15, -0.1) is 0 Å². The summed E-state index contributed by atoms with van der Waals surface area (Å²) in [6, 6.07) is 6.35. The normalized spacial score (nSPS) is 33.3. The number of nitrogens with zero attached hydrogens (tertiary/aromatic N) is 2. The van der Waals surface area contributed by atoms with Crippen molar-refractivity contribution in [1.82, 2.24) is 10.2 Å². The summed E-state index contributed by atoms with van der Waals surface area (Å²) in [4.78, 5) is 29.5. The maximum absolute atomic E-state index is 12.3. The highest BCUT2D eigenvalue weighted by atomic mass is 16.4. The molecule has 0 radical (unpaired) electrons. The van der Waals surface area contributed by atoms with Crippen molar-refractivity contribution in [1.29, 1.82) is 0 Å². The van der Waals surface area contributed by atoms with Crippen molar-refractivity contribution >= 4 is 18.2 Å². The van der Waals surface area contributed by atoms with E-state index in [9.17, 15) is 24.9 Å². The van der Waals surface area contributed by atoms with Gasteiger partial charge in [-0.2, -0.15) is 0 Å². The fraction of sp³-hybridized carbons (Fsp3) is 0.400. The van der Waals surface area contributed by atoms with Crippen LogP contribution in [0.15, 0.2) is 35.3 Å². The quantitative estimate of drug-likeness (QED) is 0.506. The average Bonchev–Trinajstić information content (AvgIpc) is 2.56. The first-order valence-corrected chi connectivity index (χ1v) is 7.23. The van der Waals surface area contributed by atoms with Crippen molar-refractivity contribution in [3.8, 4) is 0 Å². The monoisotopic (exact) mass is 319 g/mol. The predicted octanol–water partition coefficient (Wildman–Crippen LogP) is -1.88. The van der Waals surface area contributed by atoms with Crippen molar-refractivity contribution in [3.05, 3.63) is 35.9 Å². The summed E-state index contributed by atoms with van der Waals surface area (Å²) in [5.41, 5.74) is 0.368. The summed E-state index contributed by atoms with van der Waals surface area (Å²) in [7, 11) is 0. The number of nitrogens with one attached hydrogen (secondary N) is 1. The van der Waals surface area contributed by atoms with Gasteiger partial charge in [0.2, 0.25) is 0 Å². The van der Waals surface area contributed by atoms with E-state index in [0.717, 1.165) is 0 Å². The fourth-order valence-corrected chi connectivity index (χ4v) is 2.90. The van der Waals surface area contributed by atoms with Crippen LogP contribution in [0, 0.1) is 0 Å². The van der Waals surface area contributed by atoms with Crippen molar-refractivity contribution < 1.29 is 24.9 Å². The number of hydrogen-bond donors (Lipinski definition) is 4. The number of fused-ring (bicyclic) bond motifs is 1. The van der Waals surface area contributed by atoms with Crippen LogP contribution in [0.5, 0.6) is 0 Å². The summed E-state index contributed by atoms with van der Waals surface area (Å²) in [6.45, 7) is 0.0113. The molecule has 5 atom stereocenters. The lowest BCUT2D eigenvalue weighted by atomic mass is 9.88. The molecule has 8 heteroatoms. The van der Waals surface area contributed by atoms with Crippen LogP contribution in [0.3, 0.4) is 0 Å². The minimum atomic E-state index is -1.40. The number of carbonyl (C=O) groups excluding carboxylic acids is 2. The van der Waals surface area contributed by atoms with E-state index in [4.69, 9.17) is 0 Å². The number of piperidine rings is 1. The van der Waals surface area contributed by atoms with Crippen molar-refractivity contribution in [2.24, 2.45) is 4.99 Å². The van der Waals surface area contributed by atoms with Gasteiger partial charge in [0.05, 0.1) is 18.5 Å². The second-order valence-electron chi connectivity index (χ2n) is 5.64. The van der Waals surface area contributed by atoms with Gasteiger partial charge in [0.25, 0.3) is 11.8 Å². The van der Waals surface area contributed by atoms with Crippen molar-refractivity contribution in [2.75, 3.05) is 6.54 Å². The van der Waals surface area contributed by atoms with Crippen molar-refractivity contribution in [3.63, 3.8) is 0 Å². The van der Waals surface area contributed by atoms with Gasteiger partial charge in [-0.3, -0.25) is 9.59 Å². The topological polar surface area (TPSA) is 122 Å². The molecule has 1 aromatic rings. The number of aliphatic hydroxyl groups excluding tert-OH is 3. The third-order valence-corrected chi connectivity index (χ3v) is 4.14. The van der Waals surface area contributed by atoms with E-state index >= 15 is 0 Å². The number of aliphatic hydroxyl groups is 3. The molecule has 2 aliphatic heterocycles. The Labute approximate surface area is 132 Å². The van der Waals surface area contributed by atoms with E-state index in [2.05, 4.69) is 10.3 Å². The lowest BCUT2D eigenvalue weighted by Crippen LogP contribution is -2.70. The highest BCUT2D eigenvalue weighted by Gasteiger charge is 2.48. The second kappa shape index (κ2) is 6.07. The molecule has 3 rings (SSSR count). The van der Waals surface area contributed by atoms with Gasteiger partial charge in [-0.25, -0.2) is 4.99 Å². The van der Waals surface area contributed by atoms with Gasteiger partial charge in [0.1, 0.15) is 18.2 Å². The number of benzene rings is 1. The van der Waals surface area contributed by atoms with Crippen LogP contribution in [-0.4, -0.2) is 75.3 Å². The predicted molar refractivity (Wildman–Crippen MR) is 79.7 cm³/mol. The van der Waals surface area contributed by atoms with Gasteiger partial charge in [-0.1, -0.05) is 18.2 Å². The minimum absolute atomic E-state index is 0.0113. The maximum Gasteiger partial charge on any atom is 0.271 e. The highest BCUT2D eigenvalue weighted by Crippen LogP contribution is 2.23. The molecule has 23 heavy (non-hydrogen) atoms. The number of rotatable bonds is 2. The van der Waals surface area contributed by atoms with Crippen LogP contribution in [0.2, 0.25) is 0 Å². The first kappa shape index (κ1) is 15.6. The standard InChI is InChI=1S/C15H17N3O5/c19-9-6-18-7-16-15(23)10(11(18)13(21)12(9)20)17-14(22)8-4-2-1-3-5-8/h1-5,7,9-13,19-21H,6H2,(H,17,22)/t9-,10-,11+,12-,13-/m1/s1. The number of hydrogen-bond acceptors (Lipinski definition) is 6. The largest absolute Gasteiger partial charge is 0.388 e. The smallest absolute Gasteiger partial charge is 0.271 e. The lowest BCUT2D eigenvalue weighted by molar-refractivity contribution is -0.141. The van der Waals surface area contributed by atoms with Gasteiger partial charge >= 0.3 is 0 Å². The SMILES string of the molecule is O=C(N[C@H]1C(=O)N=CN2C[C@@H](O)[C@@H](O)[C@H](O)[C@H]12)c1ccccc1. The summed E-state index contributed by atoms with van der Waals surface area (Å²) < 4.78 is 0.